The molecule has 17 heavy (non-hydrogen) atoms. The maximum Gasteiger partial charge on any atom is 0.231 e. The molecule has 1 aromatic rings. The number of allylic oxidation sites excluding steroid dienone is 1. The van der Waals surface area contributed by atoms with Gasteiger partial charge in [-0.05, 0) is 32.4 Å². The molecule has 0 bridgehead atoms. The normalized spacial score (nSPS) is 12.0. The largest absolute Gasteiger partial charge is 0.300 e. The van der Waals surface area contributed by atoms with Crippen molar-refractivity contribution in [1.82, 2.24) is 4.98 Å². The van der Waals surface area contributed by atoms with E-state index in [1.165, 1.54) is 0 Å². The van der Waals surface area contributed by atoms with Gasteiger partial charge in [0.2, 0.25) is 5.91 Å². The van der Waals surface area contributed by atoms with E-state index in [2.05, 4.69) is 11.6 Å². The zero-order valence-electron chi connectivity index (χ0n) is 11.0. The second kappa shape index (κ2) is 5.62. The molecule has 0 N–H and O–H groups in total. The summed E-state index contributed by atoms with van der Waals surface area (Å²) in [6.07, 6.45) is 0.717. The zero-order valence-corrected chi connectivity index (χ0v) is 11.0. The van der Waals surface area contributed by atoms with E-state index >= 15 is 0 Å². The Bertz CT molecular complexity index is 426. The fourth-order valence-electron chi connectivity index (χ4n) is 1.77. The van der Waals surface area contributed by atoms with Gasteiger partial charge in [-0.25, -0.2) is 4.98 Å². The Morgan fingerprint density at radius 3 is 2.71 bits per heavy atom. The highest BCUT2D eigenvalue weighted by atomic mass is 16.2. The van der Waals surface area contributed by atoms with E-state index in [0.717, 1.165) is 17.7 Å². The second-order valence-corrected chi connectivity index (χ2v) is 4.60. The van der Waals surface area contributed by atoms with Crippen LogP contribution >= 0.6 is 0 Å². The molecule has 92 valence electrons. The smallest absolute Gasteiger partial charge is 0.231 e. The van der Waals surface area contributed by atoms with Crippen LogP contribution in [0.4, 0.5) is 5.82 Å². The van der Waals surface area contributed by atoms with Crippen LogP contribution in [-0.2, 0) is 4.79 Å². The Kier molecular flexibility index (Phi) is 4.44. The molecule has 1 amide bonds. The van der Waals surface area contributed by atoms with Crippen molar-refractivity contribution in [2.24, 2.45) is 5.92 Å². The van der Waals surface area contributed by atoms with Crippen molar-refractivity contribution in [1.29, 1.82) is 0 Å². The summed E-state index contributed by atoms with van der Waals surface area (Å²) in [4.78, 5) is 18.1. The highest BCUT2D eigenvalue weighted by Crippen LogP contribution is 2.16. The number of aromatic nitrogens is 1. The number of hydrogen-bond donors (Lipinski definition) is 0. The fraction of sp³-hybridized carbons (Fsp3) is 0.429. The lowest BCUT2D eigenvalue weighted by atomic mass is 10.0. The number of nitrogens with zero attached hydrogens (tertiary/aromatic N) is 2. The van der Waals surface area contributed by atoms with E-state index < -0.39 is 0 Å². The molecule has 1 atom stereocenters. The molecule has 3 heteroatoms. The van der Waals surface area contributed by atoms with Crippen molar-refractivity contribution in [3.63, 3.8) is 0 Å². The molecule has 0 aromatic carbocycles. The van der Waals surface area contributed by atoms with Gasteiger partial charge in [-0.1, -0.05) is 18.6 Å². The SMILES string of the molecule is C=C(C)CC(C)C(=O)N(C)c1cccc(C)n1. The maximum atomic E-state index is 12.1. The standard InChI is InChI=1S/C14H20N2O/c1-10(2)9-11(3)14(17)16(5)13-8-6-7-12(4)15-13/h6-8,11H,1,9H2,2-5H3. The topological polar surface area (TPSA) is 33.2 Å². The Labute approximate surface area is 103 Å². The number of carbonyl (C=O) groups is 1. The van der Waals surface area contributed by atoms with Crippen molar-refractivity contribution in [2.45, 2.75) is 27.2 Å². The summed E-state index contributed by atoms with van der Waals surface area (Å²) >= 11 is 0. The average Bonchev–Trinajstić information content (AvgIpc) is 2.26. The van der Waals surface area contributed by atoms with Gasteiger partial charge in [0, 0.05) is 18.7 Å². The van der Waals surface area contributed by atoms with Gasteiger partial charge >= 0.3 is 0 Å². The van der Waals surface area contributed by atoms with Gasteiger partial charge < -0.3 is 0 Å². The summed E-state index contributed by atoms with van der Waals surface area (Å²) in [6, 6.07) is 5.67. The van der Waals surface area contributed by atoms with Gasteiger partial charge in [0.15, 0.2) is 0 Å². The van der Waals surface area contributed by atoms with Crippen molar-refractivity contribution in [2.75, 3.05) is 11.9 Å². The minimum atomic E-state index is -0.0557. The Hall–Kier alpha value is -1.64. The quantitative estimate of drug-likeness (QED) is 0.748. The van der Waals surface area contributed by atoms with E-state index in [-0.39, 0.29) is 11.8 Å². The van der Waals surface area contributed by atoms with Crippen LogP contribution in [0.3, 0.4) is 0 Å². The van der Waals surface area contributed by atoms with E-state index in [1.807, 2.05) is 39.0 Å². The van der Waals surface area contributed by atoms with Gasteiger partial charge in [0.05, 0.1) is 0 Å². The summed E-state index contributed by atoms with van der Waals surface area (Å²) < 4.78 is 0. The van der Waals surface area contributed by atoms with E-state index in [1.54, 1.807) is 11.9 Å². The number of amides is 1. The van der Waals surface area contributed by atoms with Crippen LogP contribution in [0.5, 0.6) is 0 Å². The summed E-state index contributed by atoms with van der Waals surface area (Å²) in [5.74, 6) is 0.717. The highest BCUT2D eigenvalue weighted by molar-refractivity contribution is 5.93. The molecule has 3 nitrogen and oxygen atoms in total. The van der Waals surface area contributed by atoms with Gasteiger partial charge in [0.25, 0.3) is 0 Å². The van der Waals surface area contributed by atoms with Crippen LogP contribution in [0.15, 0.2) is 30.4 Å². The molecule has 0 saturated heterocycles. The van der Waals surface area contributed by atoms with E-state index in [4.69, 9.17) is 0 Å². The zero-order chi connectivity index (χ0) is 13.0. The van der Waals surface area contributed by atoms with E-state index in [0.29, 0.717) is 5.82 Å². The maximum absolute atomic E-state index is 12.1. The Balaban J connectivity index is 2.79. The molecular formula is C14H20N2O. The number of aryl methyl sites for hydroxylation is 1. The van der Waals surface area contributed by atoms with Gasteiger partial charge in [-0.3, -0.25) is 9.69 Å². The van der Waals surface area contributed by atoms with Crippen LogP contribution in [0.2, 0.25) is 0 Å². The van der Waals surface area contributed by atoms with Crippen LogP contribution in [0.1, 0.15) is 26.0 Å². The average molecular weight is 232 g/mol. The lowest BCUT2D eigenvalue weighted by molar-refractivity contribution is -0.121. The predicted octanol–water partition coefficient (Wildman–Crippen LogP) is 2.96. The van der Waals surface area contributed by atoms with Gasteiger partial charge in [-0.2, -0.15) is 0 Å². The van der Waals surface area contributed by atoms with Crippen molar-refractivity contribution in [3.05, 3.63) is 36.0 Å². The van der Waals surface area contributed by atoms with Crippen molar-refractivity contribution >= 4 is 11.7 Å². The molecule has 0 aliphatic heterocycles. The fourth-order valence-corrected chi connectivity index (χ4v) is 1.77. The molecule has 1 heterocycles. The Morgan fingerprint density at radius 1 is 1.53 bits per heavy atom. The minimum absolute atomic E-state index is 0.0557. The number of carbonyl (C=O) groups excluding carboxylic acids is 1. The van der Waals surface area contributed by atoms with E-state index in [9.17, 15) is 4.79 Å². The molecule has 0 spiro atoms. The van der Waals surface area contributed by atoms with Crippen molar-refractivity contribution in [3.8, 4) is 0 Å². The molecular weight excluding hydrogens is 212 g/mol. The summed E-state index contributed by atoms with van der Waals surface area (Å²) in [7, 11) is 1.76. The predicted molar refractivity (Wildman–Crippen MR) is 71.0 cm³/mol. The number of hydrogen-bond acceptors (Lipinski definition) is 2. The molecule has 0 radical (unpaired) electrons. The molecule has 1 aromatic heterocycles. The lowest BCUT2D eigenvalue weighted by Gasteiger charge is -2.20. The third-order valence-electron chi connectivity index (χ3n) is 2.62. The summed E-state index contributed by atoms with van der Waals surface area (Å²) in [5, 5.41) is 0. The third kappa shape index (κ3) is 3.70. The molecule has 0 fully saturated rings. The first kappa shape index (κ1) is 13.4. The summed E-state index contributed by atoms with van der Waals surface area (Å²) in [5.41, 5.74) is 1.94. The molecule has 0 saturated carbocycles. The van der Waals surface area contributed by atoms with Crippen LogP contribution in [0.25, 0.3) is 0 Å². The Morgan fingerprint density at radius 2 is 2.18 bits per heavy atom. The first-order valence-corrected chi connectivity index (χ1v) is 5.77. The van der Waals surface area contributed by atoms with Crippen LogP contribution < -0.4 is 4.90 Å². The number of rotatable bonds is 4. The summed E-state index contributed by atoms with van der Waals surface area (Å²) in [6.45, 7) is 9.61. The van der Waals surface area contributed by atoms with Crippen molar-refractivity contribution < 1.29 is 4.79 Å². The molecule has 1 unspecified atom stereocenters. The van der Waals surface area contributed by atoms with Gasteiger partial charge in [0.1, 0.15) is 5.82 Å². The molecule has 0 aliphatic rings. The lowest BCUT2D eigenvalue weighted by Crippen LogP contribution is -2.32. The number of pyridine rings is 1. The van der Waals surface area contributed by atoms with Gasteiger partial charge in [-0.15, -0.1) is 6.58 Å². The highest BCUT2D eigenvalue weighted by Gasteiger charge is 2.19. The minimum Gasteiger partial charge on any atom is -0.300 e. The number of anilines is 1. The first-order valence-electron chi connectivity index (χ1n) is 5.77. The second-order valence-electron chi connectivity index (χ2n) is 4.60. The molecule has 0 aliphatic carbocycles. The first-order chi connectivity index (χ1) is 7.91. The van der Waals surface area contributed by atoms with Crippen LogP contribution in [-0.4, -0.2) is 17.9 Å². The van der Waals surface area contributed by atoms with Crippen LogP contribution in [0, 0.1) is 12.8 Å². The third-order valence-corrected chi connectivity index (χ3v) is 2.62. The molecule has 1 rings (SSSR count). The monoisotopic (exact) mass is 232 g/mol.